The number of phenols is 1. The number of phenolic OH excluding ortho intramolecular Hbond substituents is 1. The highest BCUT2D eigenvalue weighted by Gasteiger charge is 2.07. The molecule has 0 radical (unpaired) electrons. The third-order valence-corrected chi connectivity index (χ3v) is 3.58. The Balaban J connectivity index is 1.91. The second kappa shape index (κ2) is 5.39. The number of anilines is 1. The van der Waals surface area contributed by atoms with E-state index < -0.39 is 0 Å². The summed E-state index contributed by atoms with van der Waals surface area (Å²) in [5, 5.41) is 15.9. The molecule has 0 fully saturated rings. The number of halogens is 1. The molecule has 0 bridgehead atoms. The summed E-state index contributed by atoms with van der Waals surface area (Å²) < 4.78 is 0. The smallest absolute Gasteiger partial charge is 0.122 e. The third-order valence-electron chi connectivity index (χ3n) is 3.23. The molecule has 2 N–H and O–H groups in total. The van der Waals surface area contributed by atoms with Gasteiger partial charge in [0, 0.05) is 46.0 Å². The predicted octanol–water partition coefficient (Wildman–Crippen LogP) is 4.21. The van der Waals surface area contributed by atoms with Crippen molar-refractivity contribution in [1.82, 2.24) is 4.98 Å². The van der Waals surface area contributed by atoms with Gasteiger partial charge in [0.25, 0.3) is 0 Å². The van der Waals surface area contributed by atoms with Crippen molar-refractivity contribution in [2.75, 3.05) is 5.32 Å². The van der Waals surface area contributed by atoms with Gasteiger partial charge in [-0.05, 0) is 24.3 Å². The Bertz CT molecular complexity index is 733. The van der Waals surface area contributed by atoms with Gasteiger partial charge in [0.15, 0.2) is 0 Å². The van der Waals surface area contributed by atoms with Crippen LogP contribution in [0.15, 0.2) is 54.9 Å². The van der Waals surface area contributed by atoms with E-state index in [-0.39, 0.29) is 5.75 Å². The van der Waals surface area contributed by atoms with Crippen LogP contribution in [0, 0.1) is 0 Å². The first-order chi connectivity index (χ1) is 9.75. The van der Waals surface area contributed by atoms with Gasteiger partial charge < -0.3 is 10.4 Å². The molecule has 2 aromatic carbocycles. The summed E-state index contributed by atoms with van der Waals surface area (Å²) in [5.74, 6) is 0.201. The number of benzene rings is 2. The SMILES string of the molecule is Oc1cccc(Cl)c1CNc1cccc2cnccc12. The minimum atomic E-state index is 0.201. The molecule has 1 aromatic heterocycles. The van der Waals surface area contributed by atoms with E-state index in [2.05, 4.69) is 10.3 Å². The van der Waals surface area contributed by atoms with Gasteiger partial charge in [-0.15, -0.1) is 0 Å². The molecular weight excluding hydrogens is 272 g/mol. The standard InChI is InChI=1S/C16H13ClN2O/c17-14-4-2-6-16(20)13(14)10-19-15-5-1-3-11-9-18-8-7-12(11)15/h1-9,19-20H,10H2. The maximum atomic E-state index is 9.85. The number of aromatic nitrogens is 1. The minimum Gasteiger partial charge on any atom is -0.508 e. The van der Waals surface area contributed by atoms with Crippen molar-refractivity contribution >= 4 is 28.1 Å². The molecule has 0 amide bonds. The first-order valence-electron chi connectivity index (χ1n) is 6.28. The summed E-state index contributed by atoms with van der Waals surface area (Å²) in [6.45, 7) is 0.465. The van der Waals surface area contributed by atoms with Crippen molar-refractivity contribution < 1.29 is 5.11 Å². The number of rotatable bonds is 3. The molecule has 0 unspecified atom stereocenters. The van der Waals surface area contributed by atoms with Crippen molar-refractivity contribution in [2.45, 2.75) is 6.54 Å². The van der Waals surface area contributed by atoms with E-state index in [4.69, 9.17) is 11.6 Å². The van der Waals surface area contributed by atoms with Crippen molar-refractivity contribution in [3.63, 3.8) is 0 Å². The van der Waals surface area contributed by atoms with Gasteiger partial charge in [-0.25, -0.2) is 0 Å². The monoisotopic (exact) mass is 284 g/mol. The maximum Gasteiger partial charge on any atom is 0.122 e. The fourth-order valence-electron chi connectivity index (χ4n) is 2.18. The molecule has 0 aliphatic heterocycles. The van der Waals surface area contributed by atoms with E-state index >= 15 is 0 Å². The number of nitrogens with one attached hydrogen (secondary N) is 1. The molecule has 20 heavy (non-hydrogen) atoms. The largest absolute Gasteiger partial charge is 0.508 e. The lowest BCUT2D eigenvalue weighted by Crippen LogP contribution is -2.01. The molecule has 0 aliphatic carbocycles. The number of fused-ring (bicyclic) bond motifs is 1. The average molecular weight is 285 g/mol. The van der Waals surface area contributed by atoms with Crippen LogP contribution >= 0.6 is 11.6 Å². The topological polar surface area (TPSA) is 45.1 Å². The van der Waals surface area contributed by atoms with E-state index in [0.29, 0.717) is 17.1 Å². The Hall–Kier alpha value is -2.26. The molecule has 3 aromatic rings. The van der Waals surface area contributed by atoms with Gasteiger partial charge in [0.2, 0.25) is 0 Å². The first kappa shape index (κ1) is 12.8. The van der Waals surface area contributed by atoms with E-state index in [1.54, 1.807) is 24.4 Å². The summed E-state index contributed by atoms with van der Waals surface area (Å²) in [5.41, 5.74) is 1.68. The van der Waals surface area contributed by atoms with Crippen molar-refractivity contribution in [1.29, 1.82) is 0 Å². The second-order valence-corrected chi connectivity index (χ2v) is 4.90. The van der Waals surface area contributed by atoms with Crippen molar-refractivity contribution in [3.05, 3.63) is 65.4 Å². The molecule has 0 aliphatic rings. The van der Waals surface area contributed by atoms with Crippen LogP contribution in [0.2, 0.25) is 5.02 Å². The fourth-order valence-corrected chi connectivity index (χ4v) is 2.42. The van der Waals surface area contributed by atoms with Gasteiger partial charge in [-0.2, -0.15) is 0 Å². The molecular formula is C16H13ClN2O. The zero-order valence-corrected chi connectivity index (χ0v) is 11.4. The number of hydrogen-bond acceptors (Lipinski definition) is 3. The fraction of sp³-hybridized carbons (Fsp3) is 0.0625. The molecule has 0 spiro atoms. The molecule has 4 heteroatoms. The zero-order valence-electron chi connectivity index (χ0n) is 10.7. The van der Waals surface area contributed by atoms with E-state index in [1.165, 1.54) is 0 Å². The number of nitrogens with zero attached hydrogens (tertiary/aromatic N) is 1. The Morgan fingerprint density at radius 2 is 1.95 bits per heavy atom. The normalized spacial score (nSPS) is 10.7. The quantitative estimate of drug-likeness (QED) is 0.757. The summed E-state index contributed by atoms with van der Waals surface area (Å²) in [6, 6.07) is 13.1. The highest BCUT2D eigenvalue weighted by molar-refractivity contribution is 6.31. The van der Waals surface area contributed by atoms with Gasteiger partial charge in [-0.1, -0.05) is 29.8 Å². The first-order valence-corrected chi connectivity index (χ1v) is 6.66. The van der Waals surface area contributed by atoms with Gasteiger partial charge in [0.1, 0.15) is 5.75 Å². The van der Waals surface area contributed by atoms with Crippen LogP contribution < -0.4 is 5.32 Å². The van der Waals surface area contributed by atoms with Gasteiger partial charge >= 0.3 is 0 Å². The molecule has 0 saturated heterocycles. The molecule has 100 valence electrons. The van der Waals surface area contributed by atoms with Crippen molar-refractivity contribution in [2.24, 2.45) is 0 Å². The van der Waals surface area contributed by atoms with Crippen LogP contribution in [0.1, 0.15) is 5.56 Å². The van der Waals surface area contributed by atoms with Crippen molar-refractivity contribution in [3.8, 4) is 5.75 Å². The molecule has 3 rings (SSSR count). The molecule has 0 saturated carbocycles. The molecule has 0 atom stereocenters. The summed E-state index contributed by atoms with van der Waals surface area (Å²) in [7, 11) is 0. The Morgan fingerprint density at radius 3 is 2.80 bits per heavy atom. The highest BCUT2D eigenvalue weighted by atomic mass is 35.5. The van der Waals surface area contributed by atoms with E-state index in [0.717, 1.165) is 16.5 Å². The lowest BCUT2D eigenvalue weighted by molar-refractivity contribution is 0.469. The zero-order chi connectivity index (χ0) is 13.9. The minimum absolute atomic E-state index is 0.201. The van der Waals surface area contributed by atoms with Gasteiger partial charge in [-0.3, -0.25) is 4.98 Å². The van der Waals surface area contributed by atoms with Gasteiger partial charge in [0.05, 0.1) is 0 Å². The Labute approximate surface area is 121 Å². The molecule has 3 nitrogen and oxygen atoms in total. The summed E-state index contributed by atoms with van der Waals surface area (Å²) in [4.78, 5) is 4.11. The van der Waals surface area contributed by atoms with Crippen LogP contribution in [0.4, 0.5) is 5.69 Å². The Morgan fingerprint density at radius 1 is 1.10 bits per heavy atom. The van der Waals surface area contributed by atoms with Crippen LogP contribution in [0.25, 0.3) is 10.8 Å². The lowest BCUT2D eigenvalue weighted by atomic mass is 10.1. The Kier molecular flexibility index (Phi) is 3.44. The molecule has 1 heterocycles. The lowest BCUT2D eigenvalue weighted by Gasteiger charge is -2.11. The van der Waals surface area contributed by atoms with E-state index in [1.807, 2.05) is 30.5 Å². The highest BCUT2D eigenvalue weighted by Crippen LogP contribution is 2.28. The number of hydrogen-bond donors (Lipinski definition) is 2. The summed E-state index contributed by atoms with van der Waals surface area (Å²) in [6.07, 6.45) is 3.59. The number of pyridine rings is 1. The second-order valence-electron chi connectivity index (χ2n) is 4.49. The third kappa shape index (κ3) is 2.40. The van der Waals surface area contributed by atoms with E-state index in [9.17, 15) is 5.11 Å². The van der Waals surface area contributed by atoms with Crippen LogP contribution in [-0.2, 0) is 6.54 Å². The van der Waals surface area contributed by atoms with Crippen LogP contribution in [-0.4, -0.2) is 10.1 Å². The van der Waals surface area contributed by atoms with Crippen LogP contribution in [0.5, 0.6) is 5.75 Å². The van der Waals surface area contributed by atoms with Crippen LogP contribution in [0.3, 0.4) is 0 Å². The predicted molar refractivity (Wildman–Crippen MR) is 82.2 cm³/mol. The summed E-state index contributed by atoms with van der Waals surface area (Å²) >= 11 is 6.10. The average Bonchev–Trinajstić information content (AvgIpc) is 2.47. The number of aromatic hydroxyl groups is 1. The maximum absolute atomic E-state index is 9.85.